The molecule has 0 aliphatic heterocycles. The van der Waals surface area contributed by atoms with E-state index in [9.17, 15) is 0 Å². The van der Waals surface area contributed by atoms with Crippen molar-refractivity contribution in [3.05, 3.63) is 24.3 Å². The lowest BCUT2D eigenvalue weighted by Crippen LogP contribution is -2.13. The molecule has 0 saturated heterocycles. The second-order valence-corrected chi connectivity index (χ2v) is 5.28. The molecule has 100 valence electrons. The molecule has 0 radical (unpaired) electrons. The van der Waals surface area contributed by atoms with Crippen molar-refractivity contribution in [3.63, 3.8) is 0 Å². The first-order valence-electron chi connectivity index (χ1n) is 6.92. The zero-order valence-electron chi connectivity index (χ0n) is 11.2. The van der Waals surface area contributed by atoms with Crippen LogP contribution in [0.25, 0.3) is 11.4 Å². The predicted octanol–water partition coefficient (Wildman–Crippen LogP) is 2.67. The number of anilines is 1. The van der Waals surface area contributed by atoms with Crippen LogP contribution in [0.5, 0.6) is 0 Å². The fourth-order valence-corrected chi connectivity index (χ4v) is 2.50. The summed E-state index contributed by atoms with van der Waals surface area (Å²) < 4.78 is 1.95. The molecule has 2 aromatic rings. The Balaban J connectivity index is 1.94. The minimum Gasteiger partial charge on any atom is -0.398 e. The zero-order chi connectivity index (χ0) is 13.2. The van der Waals surface area contributed by atoms with Gasteiger partial charge < -0.3 is 5.73 Å². The number of nitrogen functional groups attached to an aromatic ring is 1. The van der Waals surface area contributed by atoms with E-state index in [2.05, 4.69) is 22.4 Å². The van der Waals surface area contributed by atoms with Crippen LogP contribution >= 0.6 is 0 Å². The third-order valence-electron chi connectivity index (χ3n) is 3.81. The number of rotatable bonds is 5. The Morgan fingerprint density at radius 1 is 1.37 bits per heavy atom. The van der Waals surface area contributed by atoms with Crippen LogP contribution in [0.2, 0.25) is 0 Å². The van der Waals surface area contributed by atoms with Gasteiger partial charge in [-0.05, 0) is 41.3 Å². The lowest BCUT2D eigenvalue weighted by Gasteiger charge is -2.16. The van der Waals surface area contributed by atoms with Gasteiger partial charge in [-0.25, -0.2) is 4.68 Å². The average molecular weight is 257 g/mol. The molecule has 5 heteroatoms. The van der Waals surface area contributed by atoms with Crippen molar-refractivity contribution >= 4 is 5.69 Å². The second kappa shape index (κ2) is 4.99. The normalized spacial score (nSPS) is 16.5. The molecular formula is C14H19N5. The topological polar surface area (TPSA) is 69.6 Å². The zero-order valence-corrected chi connectivity index (χ0v) is 11.2. The van der Waals surface area contributed by atoms with Crippen LogP contribution in [-0.2, 0) is 0 Å². The molecule has 1 unspecified atom stereocenters. The summed E-state index contributed by atoms with van der Waals surface area (Å²) in [5, 5.41) is 12.2. The van der Waals surface area contributed by atoms with Crippen LogP contribution in [0.15, 0.2) is 24.3 Å². The summed E-state index contributed by atoms with van der Waals surface area (Å²) in [5.74, 6) is 1.64. The van der Waals surface area contributed by atoms with Crippen LogP contribution < -0.4 is 5.73 Å². The Labute approximate surface area is 112 Å². The van der Waals surface area contributed by atoms with Gasteiger partial charge in [0.25, 0.3) is 0 Å². The maximum Gasteiger partial charge on any atom is 0.184 e. The highest BCUT2D eigenvalue weighted by molar-refractivity contribution is 5.71. The fourth-order valence-electron chi connectivity index (χ4n) is 2.50. The summed E-state index contributed by atoms with van der Waals surface area (Å²) in [6.07, 6.45) is 4.91. The molecule has 0 spiro atoms. The van der Waals surface area contributed by atoms with E-state index >= 15 is 0 Å². The van der Waals surface area contributed by atoms with Gasteiger partial charge in [-0.2, -0.15) is 0 Å². The number of nitrogens with zero attached hydrogens (tertiary/aromatic N) is 4. The van der Waals surface area contributed by atoms with Gasteiger partial charge in [0.15, 0.2) is 5.82 Å². The average Bonchev–Trinajstić information content (AvgIpc) is 3.12. The highest BCUT2D eigenvalue weighted by Gasteiger charge is 2.27. The molecule has 1 heterocycles. The summed E-state index contributed by atoms with van der Waals surface area (Å²) in [5.41, 5.74) is 7.67. The van der Waals surface area contributed by atoms with Crippen molar-refractivity contribution < 1.29 is 0 Å². The van der Waals surface area contributed by atoms with E-state index in [-0.39, 0.29) is 0 Å². The van der Waals surface area contributed by atoms with Crippen molar-refractivity contribution in [2.45, 2.75) is 38.6 Å². The van der Waals surface area contributed by atoms with E-state index in [1.807, 2.05) is 28.9 Å². The maximum absolute atomic E-state index is 6.03. The summed E-state index contributed by atoms with van der Waals surface area (Å²) >= 11 is 0. The summed E-state index contributed by atoms with van der Waals surface area (Å²) in [6.45, 7) is 2.19. The molecule has 1 aliphatic rings. The minimum atomic E-state index is 0.372. The van der Waals surface area contributed by atoms with Gasteiger partial charge >= 0.3 is 0 Å². The maximum atomic E-state index is 6.03. The SMILES string of the molecule is CCC(CC1CC1)n1nnnc1-c1ccccc1N. The van der Waals surface area contributed by atoms with E-state index in [0.29, 0.717) is 6.04 Å². The van der Waals surface area contributed by atoms with Crippen LogP contribution in [-0.4, -0.2) is 20.2 Å². The van der Waals surface area contributed by atoms with E-state index in [4.69, 9.17) is 5.73 Å². The third kappa shape index (κ3) is 2.45. The van der Waals surface area contributed by atoms with Crippen LogP contribution in [0, 0.1) is 5.92 Å². The van der Waals surface area contributed by atoms with Crippen molar-refractivity contribution in [2.24, 2.45) is 5.92 Å². The van der Waals surface area contributed by atoms with Crippen molar-refractivity contribution in [3.8, 4) is 11.4 Å². The molecule has 0 bridgehead atoms. The molecule has 19 heavy (non-hydrogen) atoms. The van der Waals surface area contributed by atoms with E-state index < -0.39 is 0 Å². The van der Waals surface area contributed by atoms with Gasteiger partial charge in [0, 0.05) is 11.3 Å². The highest BCUT2D eigenvalue weighted by atomic mass is 15.5. The van der Waals surface area contributed by atoms with Gasteiger partial charge in [-0.3, -0.25) is 0 Å². The molecule has 2 N–H and O–H groups in total. The first-order valence-corrected chi connectivity index (χ1v) is 6.92. The van der Waals surface area contributed by atoms with Crippen molar-refractivity contribution in [1.82, 2.24) is 20.2 Å². The van der Waals surface area contributed by atoms with Gasteiger partial charge in [0.05, 0.1) is 6.04 Å². The smallest absolute Gasteiger partial charge is 0.184 e. The van der Waals surface area contributed by atoms with Gasteiger partial charge in [-0.1, -0.05) is 31.9 Å². The number of tetrazole rings is 1. The first kappa shape index (κ1) is 12.1. The van der Waals surface area contributed by atoms with Crippen molar-refractivity contribution in [2.75, 3.05) is 5.73 Å². The fraction of sp³-hybridized carbons (Fsp3) is 0.500. The lowest BCUT2D eigenvalue weighted by molar-refractivity contribution is 0.389. The Morgan fingerprint density at radius 3 is 2.84 bits per heavy atom. The van der Waals surface area contributed by atoms with Crippen LogP contribution in [0.4, 0.5) is 5.69 Å². The lowest BCUT2D eigenvalue weighted by atomic mass is 10.1. The van der Waals surface area contributed by atoms with E-state index in [0.717, 1.165) is 29.4 Å². The Kier molecular flexibility index (Phi) is 3.19. The molecule has 5 nitrogen and oxygen atoms in total. The molecule has 1 aromatic carbocycles. The molecule has 1 aliphatic carbocycles. The van der Waals surface area contributed by atoms with Gasteiger partial charge in [0.1, 0.15) is 0 Å². The number of nitrogens with two attached hydrogens (primary N) is 1. The second-order valence-electron chi connectivity index (χ2n) is 5.28. The van der Waals surface area contributed by atoms with Crippen molar-refractivity contribution in [1.29, 1.82) is 0 Å². The number of benzene rings is 1. The molecule has 0 amide bonds. The predicted molar refractivity (Wildman–Crippen MR) is 74.3 cm³/mol. The highest BCUT2D eigenvalue weighted by Crippen LogP contribution is 2.38. The van der Waals surface area contributed by atoms with E-state index in [1.165, 1.54) is 19.3 Å². The molecule has 1 aromatic heterocycles. The van der Waals surface area contributed by atoms with Gasteiger partial charge in [-0.15, -0.1) is 5.10 Å². The quantitative estimate of drug-likeness (QED) is 0.836. The summed E-state index contributed by atoms with van der Waals surface area (Å²) in [4.78, 5) is 0. The Bertz CT molecular complexity index is 558. The van der Waals surface area contributed by atoms with Crippen LogP contribution in [0.3, 0.4) is 0 Å². The number of hydrogen-bond acceptors (Lipinski definition) is 4. The largest absolute Gasteiger partial charge is 0.398 e. The minimum absolute atomic E-state index is 0.372. The van der Waals surface area contributed by atoms with Gasteiger partial charge in [0.2, 0.25) is 0 Å². The molecule has 1 fully saturated rings. The molecular weight excluding hydrogens is 238 g/mol. The summed E-state index contributed by atoms with van der Waals surface area (Å²) in [6, 6.07) is 8.12. The monoisotopic (exact) mass is 257 g/mol. The number of hydrogen-bond donors (Lipinski definition) is 1. The molecule has 3 rings (SSSR count). The van der Waals surface area contributed by atoms with E-state index in [1.54, 1.807) is 0 Å². The molecule has 1 atom stereocenters. The van der Waals surface area contributed by atoms with Crippen LogP contribution in [0.1, 0.15) is 38.6 Å². The Morgan fingerprint density at radius 2 is 2.16 bits per heavy atom. The number of para-hydroxylation sites is 1. The number of aromatic nitrogens is 4. The first-order chi connectivity index (χ1) is 9.29. The molecule has 1 saturated carbocycles. The standard InChI is InChI=1S/C14H19N5/c1-2-11(9-10-7-8-10)19-14(16-17-18-19)12-5-3-4-6-13(12)15/h3-6,10-11H,2,7-9,15H2,1H3. The Hall–Kier alpha value is -1.91. The summed E-state index contributed by atoms with van der Waals surface area (Å²) in [7, 11) is 0. The third-order valence-corrected chi connectivity index (χ3v) is 3.81.